The predicted molar refractivity (Wildman–Crippen MR) is 139 cm³/mol. The van der Waals surface area contributed by atoms with Gasteiger partial charge in [-0.05, 0) is 28.8 Å². The molecule has 208 valence electrons. The van der Waals surface area contributed by atoms with Gasteiger partial charge in [-0.3, -0.25) is 4.57 Å². The van der Waals surface area contributed by atoms with Crippen LogP contribution in [0, 0.1) is 0 Å². The Morgan fingerprint density at radius 2 is 1.85 bits per heavy atom. The van der Waals surface area contributed by atoms with Crippen LogP contribution in [0.4, 0.5) is 10.2 Å². The summed E-state index contributed by atoms with van der Waals surface area (Å²) in [7, 11) is 0. The standard InChI is InChI=1S/C26H23ClFN5O7/c27-25-31-20(29)19-21(32-25)33(12-30-19)22-17(28)9-15(40-22)11-39-26(23(35)36,24(37)38)10-13-5-7-14(8-6-13)16-3-1-2-4-18(16)34/h1-8,12,15,17,22,34H,9-11H2,(H,35,36)(H,37,38)(H2,29,31,32). The minimum atomic E-state index is -2.67. The quantitative estimate of drug-likeness (QED) is 0.171. The minimum Gasteiger partial charge on any atom is -0.507 e. The molecule has 2 aromatic carbocycles. The third kappa shape index (κ3) is 5.01. The number of halogens is 2. The molecule has 40 heavy (non-hydrogen) atoms. The number of carbonyl (C=O) groups is 2. The second-order valence-corrected chi connectivity index (χ2v) is 9.58. The summed E-state index contributed by atoms with van der Waals surface area (Å²) in [4.78, 5) is 36.4. The van der Waals surface area contributed by atoms with Crippen molar-refractivity contribution in [3.05, 3.63) is 65.7 Å². The minimum absolute atomic E-state index is 0.00309. The lowest BCUT2D eigenvalue weighted by Gasteiger charge is -2.27. The van der Waals surface area contributed by atoms with Gasteiger partial charge in [0, 0.05) is 18.4 Å². The van der Waals surface area contributed by atoms with Crippen molar-refractivity contribution in [1.82, 2.24) is 19.5 Å². The highest BCUT2D eigenvalue weighted by Gasteiger charge is 2.50. The van der Waals surface area contributed by atoms with Crippen LogP contribution in [0.1, 0.15) is 18.2 Å². The largest absolute Gasteiger partial charge is 0.507 e. The summed E-state index contributed by atoms with van der Waals surface area (Å²) in [5.74, 6) is -3.38. The van der Waals surface area contributed by atoms with Crippen molar-refractivity contribution in [3.63, 3.8) is 0 Å². The Balaban J connectivity index is 1.32. The number of hydrogen-bond acceptors (Lipinski definition) is 9. The Morgan fingerprint density at radius 1 is 1.15 bits per heavy atom. The lowest BCUT2D eigenvalue weighted by atomic mass is 9.92. The van der Waals surface area contributed by atoms with Crippen molar-refractivity contribution in [3.8, 4) is 16.9 Å². The molecular formula is C26H23ClFN5O7. The van der Waals surface area contributed by atoms with Crippen molar-refractivity contribution in [2.24, 2.45) is 0 Å². The van der Waals surface area contributed by atoms with E-state index in [1.54, 1.807) is 42.5 Å². The van der Waals surface area contributed by atoms with Crippen molar-refractivity contribution >= 4 is 40.5 Å². The number of aromatic hydroxyl groups is 1. The van der Waals surface area contributed by atoms with E-state index in [0.717, 1.165) is 0 Å². The number of ether oxygens (including phenoxy) is 2. The average molecular weight is 572 g/mol. The zero-order chi connectivity index (χ0) is 28.6. The van der Waals surface area contributed by atoms with Gasteiger partial charge in [-0.25, -0.2) is 19.0 Å². The second kappa shape index (κ2) is 10.7. The number of aromatic nitrogens is 4. The number of carboxylic acid groups (broad SMARTS) is 2. The van der Waals surface area contributed by atoms with E-state index in [2.05, 4.69) is 15.0 Å². The van der Waals surface area contributed by atoms with Gasteiger partial charge in [0.1, 0.15) is 17.4 Å². The van der Waals surface area contributed by atoms with Gasteiger partial charge in [-0.1, -0.05) is 42.5 Å². The highest BCUT2D eigenvalue weighted by atomic mass is 35.5. The molecule has 1 aliphatic rings. The molecule has 4 aromatic rings. The van der Waals surface area contributed by atoms with E-state index in [0.29, 0.717) is 16.7 Å². The van der Waals surface area contributed by atoms with E-state index >= 15 is 4.39 Å². The van der Waals surface area contributed by atoms with Gasteiger partial charge >= 0.3 is 11.9 Å². The van der Waals surface area contributed by atoms with E-state index in [9.17, 15) is 24.9 Å². The van der Waals surface area contributed by atoms with Crippen LogP contribution >= 0.6 is 11.6 Å². The number of nitrogens with two attached hydrogens (primary N) is 1. The first-order chi connectivity index (χ1) is 19.1. The fourth-order valence-corrected chi connectivity index (χ4v) is 4.78. The maximum Gasteiger partial charge on any atom is 0.348 e. The molecule has 5 rings (SSSR count). The number of phenolic OH excluding ortho intramolecular Hbond substituents is 1. The van der Waals surface area contributed by atoms with E-state index in [-0.39, 0.29) is 34.4 Å². The molecule has 14 heteroatoms. The number of phenols is 1. The molecule has 3 heterocycles. The first-order valence-corrected chi connectivity index (χ1v) is 12.4. The van der Waals surface area contributed by atoms with Crippen molar-refractivity contribution < 1.29 is 38.8 Å². The van der Waals surface area contributed by atoms with Crippen LogP contribution in [0.3, 0.4) is 0 Å². The Hall–Kier alpha value is -4.33. The van der Waals surface area contributed by atoms with Gasteiger partial charge in [-0.15, -0.1) is 0 Å². The van der Waals surface area contributed by atoms with Crippen LogP contribution in [-0.4, -0.2) is 71.3 Å². The average Bonchev–Trinajstić information content (AvgIpc) is 3.49. The SMILES string of the molecule is Nc1nc(Cl)nc2c1ncn2C1OC(COC(Cc2ccc(-c3ccccc3O)cc2)(C(=O)O)C(=O)O)CC1F. The first-order valence-electron chi connectivity index (χ1n) is 12.0. The molecule has 3 atom stereocenters. The van der Waals surface area contributed by atoms with Crippen LogP contribution in [0.2, 0.25) is 5.28 Å². The summed E-state index contributed by atoms with van der Waals surface area (Å²) >= 11 is 5.88. The highest BCUT2D eigenvalue weighted by molar-refractivity contribution is 6.28. The number of nitrogens with zero attached hydrogens (tertiary/aromatic N) is 4. The number of alkyl halides is 1. The Labute approximate surface area is 230 Å². The maximum absolute atomic E-state index is 15.0. The monoisotopic (exact) mass is 571 g/mol. The summed E-state index contributed by atoms with van der Waals surface area (Å²) in [5.41, 5.74) is 5.05. The number of benzene rings is 2. The second-order valence-electron chi connectivity index (χ2n) is 9.24. The van der Waals surface area contributed by atoms with Gasteiger partial charge in [0.25, 0.3) is 5.60 Å². The molecule has 12 nitrogen and oxygen atoms in total. The van der Waals surface area contributed by atoms with Crippen LogP contribution in [-0.2, 0) is 25.5 Å². The van der Waals surface area contributed by atoms with Crippen LogP contribution in [0.5, 0.6) is 5.75 Å². The summed E-state index contributed by atoms with van der Waals surface area (Å²) in [5, 5.41) is 29.7. The fourth-order valence-electron chi connectivity index (χ4n) is 4.61. The van der Waals surface area contributed by atoms with Crippen molar-refractivity contribution in [1.29, 1.82) is 0 Å². The Kier molecular flexibility index (Phi) is 7.27. The number of imidazole rings is 1. The molecule has 0 amide bonds. The number of aliphatic carboxylic acids is 2. The number of nitrogen functional groups attached to an aromatic ring is 1. The van der Waals surface area contributed by atoms with Gasteiger partial charge in [0.15, 0.2) is 17.7 Å². The van der Waals surface area contributed by atoms with Gasteiger partial charge < -0.3 is 30.5 Å². The van der Waals surface area contributed by atoms with Crippen LogP contribution < -0.4 is 5.73 Å². The molecule has 0 spiro atoms. The predicted octanol–water partition coefficient (Wildman–Crippen LogP) is 3.23. The number of carboxylic acids is 2. The zero-order valence-corrected chi connectivity index (χ0v) is 21.4. The van der Waals surface area contributed by atoms with Crippen molar-refractivity contribution in [2.75, 3.05) is 12.3 Å². The lowest BCUT2D eigenvalue weighted by Crippen LogP contribution is -2.52. The third-order valence-corrected chi connectivity index (χ3v) is 6.82. The van der Waals surface area contributed by atoms with E-state index in [1.807, 2.05) is 0 Å². The normalized spacial score (nSPS) is 19.2. The molecule has 5 N–H and O–H groups in total. The Morgan fingerprint density at radius 3 is 2.52 bits per heavy atom. The van der Waals surface area contributed by atoms with Gasteiger partial charge in [0.05, 0.1) is 19.0 Å². The molecule has 1 fully saturated rings. The summed E-state index contributed by atoms with van der Waals surface area (Å²) in [6, 6.07) is 13.0. The zero-order valence-electron chi connectivity index (χ0n) is 20.6. The van der Waals surface area contributed by atoms with Gasteiger partial charge in [-0.2, -0.15) is 9.97 Å². The van der Waals surface area contributed by atoms with Crippen LogP contribution in [0.25, 0.3) is 22.3 Å². The highest BCUT2D eigenvalue weighted by Crippen LogP contribution is 2.35. The molecule has 0 radical (unpaired) electrons. The summed E-state index contributed by atoms with van der Waals surface area (Å²) < 4.78 is 27.6. The van der Waals surface area contributed by atoms with E-state index in [4.69, 9.17) is 26.8 Å². The number of fused-ring (bicyclic) bond motifs is 1. The molecule has 3 unspecified atom stereocenters. The number of hydrogen-bond donors (Lipinski definition) is 4. The first kappa shape index (κ1) is 27.2. The smallest absolute Gasteiger partial charge is 0.348 e. The molecule has 0 bridgehead atoms. The van der Waals surface area contributed by atoms with E-state index < -0.39 is 49.1 Å². The van der Waals surface area contributed by atoms with Crippen molar-refractivity contribution in [2.45, 2.75) is 36.9 Å². The molecular weight excluding hydrogens is 549 g/mol. The number of para-hydroxylation sites is 1. The molecule has 0 aliphatic carbocycles. The Bertz CT molecular complexity index is 1570. The topological polar surface area (TPSA) is 183 Å². The lowest BCUT2D eigenvalue weighted by molar-refractivity contribution is -0.188. The van der Waals surface area contributed by atoms with Crippen LogP contribution in [0.15, 0.2) is 54.9 Å². The number of anilines is 1. The fraction of sp³-hybridized carbons (Fsp3) is 0.269. The summed E-state index contributed by atoms with van der Waals surface area (Å²) in [6.07, 6.45) is -3.22. The maximum atomic E-state index is 15.0. The molecule has 1 saturated heterocycles. The molecule has 0 saturated carbocycles. The third-order valence-electron chi connectivity index (χ3n) is 6.65. The molecule has 1 aliphatic heterocycles. The molecule has 2 aromatic heterocycles. The van der Waals surface area contributed by atoms with Gasteiger partial charge in [0.2, 0.25) is 5.28 Å². The van der Waals surface area contributed by atoms with E-state index in [1.165, 1.54) is 17.0 Å². The number of rotatable bonds is 9. The summed E-state index contributed by atoms with van der Waals surface area (Å²) in [6.45, 7) is -0.518.